The summed E-state index contributed by atoms with van der Waals surface area (Å²) in [4.78, 5) is 15.8. The Morgan fingerprint density at radius 1 is 0.958 bits per heavy atom. The second-order valence-corrected chi connectivity index (χ2v) is 6.16. The number of hydrogen-bond donors (Lipinski definition) is 1. The second kappa shape index (κ2) is 8.45. The van der Waals surface area contributed by atoms with Crippen LogP contribution in [-0.2, 0) is 19.6 Å². The highest BCUT2D eigenvalue weighted by Gasteiger charge is 2.10. The number of carbonyl (C=O) groups is 1. The van der Waals surface area contributed by atoms with Gasteiger partial charge in [-0.2, -0.15) is 0 Å². The zero-order chi connectivity index (χ0) is 17.5. The van der Waals surface area contributed by atoms with Crippen molar-refractivity contribution in [2.45, 2.75) is 19.6 Å². The molecule has 0 aliphatic rings. The third-order valence-electron chi connectivity index (χ3n) is 3.68. The summed E-state index contributed by atoms with van der Waals surface area (Å²) in [6, 6.07) is 14.4. The van der Waals surface area contributed by atoms with Gasteiger partial charge in [0.15, 0.2) is 0 Å². The molecule has 0 aromatic heterocycles. The van der Waals surface area contributed by atoms with E-state index in [-0.39, 0.29) is 18.4 Å². The average molecular weight is 329 g/mol. The van der Waals surface area contributed by atoms with Crippen LogP contribution in [0.1, 0.15) is 16.7 Å². The smallest absolute Gasteiger partial charge is 0.317 e. The van der Waals surface area contributed by atoms with Crippen molar-refractivity contribution in [3.63, 3.8) is 0 Å². The summed E-state index contributed by atoms with van der Waals surface area (Å²) in [6.45, 7) is 1.57. The molecule has 0 fully saturated rings. The zero-order valence-electron chi connectivity index (χ0n) is 14.4. The zero-order valence-corrected chi connectivity index (χ0v) is 14.4. The maximum atomic E-state index is 13.5. The maximum Gasteiger partial charge on any atom is 0.317 e. The van der Waals surface area contributed by atoms with Gasteiger partial charge in [-0.1, -0.05) is 42.5 Å². The van der Waals surface area contributed by atoms with Gasteiger partial charge >= 0.3 is 6.03 Å². The fourth-order valence-corrected chi connectivity index (χ4v) is 2.41. The van der Waals surface area contributed by atoms with E-state index in [0.717, 1.165) is 12.1 Å². The van der Waals surface area contributed by atoms with Crippen molar-refractivity contribution >= 4 is 6.03 Å². The van der Waals surface area contributed by atoms with Crippen LogP contribution in [0.5, 0.6) is 0 Å². The Kier molecular flexibility index (Phi) is 6.32. The van der Waals surface area contributed by atoms with E-state index in [9.17, 15) is 9.18 Å². The van der Waals surface area contributed by atoms with Gasteiger partial charge in [0.05, 0.1) is 0 Å². The van der Waals surface area contributed by atoms with E-state index in [1.165, 1.54) is 11.6 Å². The van der Waals surface area contributed by atoms with E-state index in [1.807, 2.05) is 26.2 Å². The topological polar surface area (TPSA) is 35.6 Å². The summed E-state index contributed by atoms with van der Waals surface area (Å²) in [7, 11) is 5.79. The SMILES string of the molecule is CN(C)Cc1ccc(CN(C)C(=O)NCc2ccccc2F)cc1. The molecule has 0 aliphatic carbocycles. The maximum absolute atomic E-state index is 13.5. The van der Waals surface area contributed by atoms with Crippen molar-refractivity contribution < 1.29 is 9.18 Å². The van der Waals surface area contributed by atoms with Gasteiger partial charge in [0.2, 0.25) is 0 Å². The molecule has 2 amide bonds. The number of benzene rings is 2. The Balaban J connectivity index is 1.86. The Bertz CT molecular complexity index is 671. The van der Waals surface area contributed by atoms with Crippen molar-refractivity contribution in [3.05, 3.63) is 71.0 Å². The predicted molar refractivity (Wildman–Crippen MR) is 93.9 cm³/mol. The third-order valence-corrected chi connectivity index (χ3v) is 3.68. The fourth-order valence-electron chi connectivity index (χ4n) is 2.41. The summed E-state index contributed by atoms with van der Waals surface area (Å²) in [5, 5.41) is 2.74. The van der Waals surface area contributed by atoms with Gasteiger partial charge in [-0.3, -0.25) is 0 Å². The normalized spacial score (nSPS) is 10.7. The van der Waals surface area contributed by atoms with Crippen molar-refractivity contribution in [1.82, 2.24) is 15.1 Å². The predicted octanol–water partition coefficient (Wildman–Crippen LogP) is 3.23. The Morgan fingerprint density at radius 2 is 1.54 bits per heavy atom. The highest BCUT2D eigenvalue weighted by Crippen LogP contribution is 2.09. The molecule has 0 unspecified atom stereocenters. The van der Waals surface area contributed by atoms with Crippen molar-refractivity contribution in [2.75, 3.05) is 21.1 Å². The second-order valence-electron chi connectivity index (χ2n) is 6.16. The lowest BCUT2D eigenvalue weighted by atomic mass is 10.1. The monoisotopic (exact) mass is 329 g/mol. The van der Waals surface area contributed by atoms with Crippen molar-refractivity contribution in [1.29, 1.82) is 0 Å². The van der Waals surface area contributed by atoms with E-state index < -0.39 is 0 Å². The lowest BCUT2D eigenvalue weighted by molar-refractivity contribution is 0.206. The fraction of sp³-hybridized carbons (Fsp3) is 0.316. The lowest BCUT2D eigenvalue weighted by Crippen LogP contribution is -2.36. The lowest BCUT2D eigenvalue weighted by Gasteiger charge is -2.18. The van der Waals surface area contributed by atoms with Crippen LogP contribution in [0.25, 0.3) is 0 Å². The van der Waals surface area contributed by atoms with E-state index in [1.54, 1.807) is 30.1 Å². The molecule has 128 valence electrons. The van der Waals surface area contributed by atoms with E-state index in [0.29, 0.717) is 12.1 Å². The van der Waals surface area contributed by atoms with Crippen molar-refractivity contribution in [3.8, 4) is 0 Å². The molecule has 2 rings (SSSR count). The van der Waals surface area contributed by atoms with Crippen LogP contribution < -0.4 is 5.32 Å². The van der Waals surface area contributed by atoms with E-state index in [2.05, 4.69) is 22.3 Å². The molecule has 0 spiro atoms. The first-order chi connectivity index (χ1) is 11.5. The number of amides is 2. The first-order valence-corrected chi connectivity index (χ1v) is 7.90. The number of carbonyl (C=O) groups excluding carboxylic acids is 1. The molecule has 2 aromatic rings. The van der Waals surface area contributed by atoms with Crippen LogP contribution in [0.3, 0.4) is 0 Å². The Morgan fingerprint density at radius 3 is 2.12 bits per heavy atom. The molecule has 24 heavy (non-hydrogen) atoms. The quantitative estimate of drug-likeness (QED) is 0.883. The molecule has 0 radical (unpaired) electrons. The van der Waals surface area contributed by atoms with Crippen molar-refractivity contribution in [2.24, 2.45) is 0 Å². The van der Waals surface area contributed by atoms with Crippen LogP contribution in [0.4, 0.5) is 9.18 Å². The highest BCUT2D eigenvalue weighted by atomic mass is 19.1. The Hall–Kier alpha value is -2.40. The molecule has 0 atom stereocenters. The number of nitrogens with zero attached hydrogens (tertiary/aromatic N) is 2. The van der Waals surface area contributed by atoms with Gasteiger partial charge in [0.1, 0.15) is 5.82 Å². The molecule has 5 heteroatoms. The highest BCUT2D eigenvalue weighted by molar-refractivity contribution is 5.73. The minimum atomic E-state index is -0.308. The van der Waals surface area contributed by atoms with Gasteiger partial charge in [0.25, 0.3) is 0 Å². The molecule has 0 saturated carbocycles. The summed E-state index contributed by atoms with van der Waals surface area (Å²) in [5.41, 5.74) is 2.77. The molecule has 0 heterocycles. The first kappa shape index (κ1) is 17.9. The van der Waals surface area contributed by atoms with E-state index >= 15 is 0 Å². The number of rotatable bonds is 6. The average Bonchev–Trinajstić information content (AvgIpc) is 2.55. The standard InChI is InChI=1S/C19H24FN3O/c1-22(2)13-15-8-10-16(11-9-15)14-23(3)19(24)21-12-17-6-4-5-7-18(17)20/h4-11H,12-14H2,1-3H3,(H,21,24). The van der Waals surface area contributed by atoms with Crippen LogP contribution >= 0.6 is 0 Å². The number of hydrogen-bond acceptors (Lipinski definition) is 2. The first-order valence-electron chi connectivity index (χ1n) is 7.90. The van der Waals surface area contributed by atoms with E-state index in [4.69, 9.17) is 0 Å². The van der Waals surface area contributed by atoms with Crippen LogP contribution in [0.15, 0.2) is 48.5 Å². The minimum Gasteiger partial charge on any atom is -0.334 e. The number of halogens is 1. The molecular formula is C19H24FN3O. The van der Waals surface area contributed by atoms with Crippen LogP contribution in [0.2, 0.25) is 0 Å². The molecule has 2 aromatic carbocycles. The summed E-state index contributed by atoms with van der Waals surface area (Å²) >= 11 is 0. The largest absolute Gasteiger partial charge is 0.334 e. The van der Waals surface area contributed by atoms with Crippen LogP contribution in [0, 0.1) is 5.82 Å². The minimum absolute atomic E-state index is 0.178. The van der Waals surface area contributed by atoms with Crippen LogP contribution in [-0.4, -0.2) is 37.0 Å². The van der Waals surface area contributed by atoms with Gasteiger partial charge in [-0.25, -0.2) is 9.18 Å². The molecule has 0 bridgehead atoms. The molecule has 4 nitrogen and oxygen atoms in total. The summed E-state index contributed by atoms with van der Waals surface area (Å²) in [5.74, 6) is -0.308. The summed E-state index contributed by atoms with van der Waals surface area (Å²) < 4.78 is 13.5. The molecule has 0 aliphatic heterocycles. The van der Waals surface area contributed by atoms with Gasteiger partial charge < -0.3 is 15.1 Å². The molecule has 0 saturated heterocycles. The number of urea groups is 1. The Labute approximate surface area is 142 Å². The molecular weight excluding hydrogens is 305 g/mol. The third kappa shape index (κ3) is 5.35. The molecule has 1 N–H and O–H groups in total. The number of nitrogens with one attached hydrogen (secondary N) is 1. The van der Waals surface area contributed by atoms with Gasteiger partial charge in [-0.15, -0.1) is 0 Å². The van der Waals surface area contributed by atoms with Gasteiger partial charge in [-0.05, 0) is 31.3 Å². The van der Waals surface area contributed by atoms with Gasteiger partial charge in [0, 0.05) is 32.2 Å². The summed E-state index contributed by atoms with van der Waals surface area (Å²) in [6.07, 6.45) is 0.